The van der Waals surface area contributed by atoms with Crippen molar-refractivity contribution in [1.29, 1.82) is 0 Å². The van der Waals surface area contributed by atoms with Gasteiger partial charge >= 0.3 is 0 Å². The first kappa shape index (κ1) is 10.2. The van der Waals surface area contributed by atoms with Crippen LogP contribution in [0.1, 0.15) is 30.9 Å². The Morgan fingerprint density at radius 2 is 1.87 bits per heavy atom. The van der Waals surface area contributed by atoms with Crippen LogP contribution in [0.2, 0.25) is 0 Å². The lowest BCUT2D eigenvalue weighted by atomic mass is 10.0. The van der Waals surface area contributed by atoms with Crippen LogP contribution in [0.3, 0.4) is 0 Å². The summed E-state index contributed by atoms with van der Waals surface area (Å²) in [5.41, 5.74) is 2.62. The van der Waals surface area contributed by atoms with E-state index in [1.807, 2.05) is 0 Å². The van der Waals surface area contributed by atoms with Crippen LogP contribution in [0.15, 0.2) is 29.3 Å². The van der Waals surface area contributed by atoms with E-state index >= 15 is 0 Å². The number of hydrogen-bond donors (Lipinski definition) is 0. The Bertz CT molecular complexity index is 363. The van der Waals surface area contributed by atoms with Crippen molar-refractivity contribution < 1.29 is 0 Å². The Morgan fingerprint density at radius 1 is 1.20 bits per heavy atom. The molecule has 1 aromatic carbocycles. The molecule has 0 aromatic heterocycles. The summed E-state index contributed by atoms with van der Waals surface area (Å²) in [6.07, 6.45) is 0. The van der Waals surface area contributed by atoms with Crippen LogP contribution < -0.4 is 0 Å². The normalized spacial score (nSPS) is 16.0. The number of nitrogens with zero attached hydrogens (tertiary/aromatic N) is 2. The third kappa shape index (κ3) is 2.04. The van der Waals surface area contributed by atoms with E-state index in [4.69, 9.17) is 0 Å². The molecule has 80 valence electrons. The predicted molar refractivity (Wildman–Crippen MR) is 64.6 cm³/mol. The smallest absolute Gasteiger partial charge is 0.130 e. The highest BCUT2D eigenvalue weighted by molar-refractivity contribution is 5.99. The molecule has 0 bridgehead atoms. The lowest BCUT2D eigenvalue weighted by Crippen LogP contribution is -2.23. The molecular formula is C13H18N2. The van der Waals surface area contributed by atoms with Crippen LogP contribution in [0.25, 0.3) is 0 Å². The van der Waals surface area contributed by atoms with Crippen LogP contribution in [-0.2, 0) is 0 Å². The molecule has 0 atom stereocenters. The molecule has 1 aliphatic heterocycles. The highest BCUT2D eigenvalue weighted by Crippen LogP contribution is 2.16. The number of aliphatic imine (C=N–C) groups is 1. The van der Waals surface area contributed by atoms with E-state index < -0.39 is 0 Å². The summed E-state index contributed by atoms with van der Waals surface area (Å²) in [5.74, 6) is 1.73. The second-order valence-corrected chi connectivity index (χ2v) is 4.40. The van der Waals surface area contributed by atoms with Crippen molar-refractivity contribution in [3.63, 3.8) is 0 Å². The molecule has 0 amide bonds. The molecule has 1 aliphatic rings. The second kappa shape index (κ2) is 4.05. The van der Waals surface area contributed by atoms with Crippen molar-refractivity contribution in [3.8, 4) is 0 Å². The zero-order chi connectivity index (χ0) is 10.8. The van der Waals surface area contributed by atoms with Gasteiger partial charge in [0.15, 0.2) is 0 Å². The van der Waals surface area contributed by atoms with Crippen molar-refractivity contribution in [1.82, 2.24) is 4.90 Å². The fourth-order valence-corrected chi connectivity index (χ4v) is 1.86. The Hall–Kier alpha value is -1.31. The van der Waals surface area contributed by atoms with Gasteiger partial charge in [0.05, 0.1) is 6.54 Å². The SMILES string of the molecule is CC(C)c1ccc(C2=NCCN2C)cc1. The van der Waals surface area contributed by atoms with Gasteiger partial charge < -0.3 is 4.90 Å². The van der Waals surface area contributed by atoms with Crippen LogP contribution in [0, 0.1) is 0 Å². The fraction of sp³-hybridized carbons (Fsp3) is 0.462. The minimum atomic E-state index is 0.599. The first-order chi connectivity index (χ1) is 7.18. The van der Waals surface area contributed by atoms with Gasteiger partial charge in [-0.05, 0) is 11.5 Å². The average molecular weight is 202 g/mol. The molecule has 0 saturated heterocycles. The monoisotopic (exact) mass is 202 g/mol. The topological polar surface area (TPSA) is 15.6 Å². The number of hydrogen-bond acceptors (Lipinski definition) is 2. The van der Waals surface area contributed by atoms with Crippen molar-refractivity contribution in [3.05, 3.63) is 35.4 Å². The third-order valence-electron chi connectivity index (χ3n) is 2.89. The van der Waals surface area contributed by atoms with Gasteiger partial charge in [-0.15, -0.1) is 0 Å². The Kier molecular flexibility index (Phi) is 2.76. The van der Waals surface area contributed by atoms with Crippen molar-refractivity contribution in [2.24, 2.45) is 4.99 Å². The second-order valence-electron chi connectivity index (χ2n) is 4.40. The minimum Gasteiger partial charge on any atom is -0.358 e. The van der Waals surface area contributed by atoms with E-state index in [1.165, 1.54) is 11.1 Å². The molecule has 1 aromatic rings. The highest BCUT2D eigenvalue weighted by Gasteiger charge is 2.14. The van der Waals surface area contributed by atoms with E-state index in [0.717, 1.165) is 18.9 Å². The summed E-state index contributed by atoms with van der Waals surface area (Å²) >= 11 is 0. The molecule has 0 radical (unpaired) electrons. The standard InChI is InChI=1S/C13H18N2/c1-10(2)11-4-6-12(7-5-11)13-14-8-9-15(13)3/h4-7,10H,8-9H2,1-3H3. The highest BCUT2D eigenvalue weighted by atomic mass is 15.2. The number of rotatable bonds is 2. The van der Waals surface area contributed by atoms with Gasteiger partial charge in [0, 0.05) is 19.2 Å². The summed E-state index contributed by atoms with van der Waals surface area (Å²) < 4.78 is 0. The molecule has 2 heteroatoms. The van der Waals surface area contributed by atoms with Crippen LogP contribution in [-0.4, -0.2) is 30.9 Å². The first-order valence-corrected chi connectivity index (χ1v) is 5.54. The van der Waals surface area contributed by atoms with Crippen LogP contribution in [0.5, 0.6) is 0 Å². The lowest BCUT2D eigenvalue weighted by Gasteiger charge is -2.14. The average Bonchev–Trinajstić information content (AvgIpc) is 2.65. The fourth-order valence-electron chi connectivity index (χ4n) is 1.86. The van der Waals surface area contributed by atoms with E-state index in [9.17, 15) is 0 Å². The molecule has 0 spiro atoms. The molecule has 2 rings (SSSR count). The van der Waals surface area contributed by atoms with Gasteiger partial charge in [0.25, 0.3) is 0 Å². The largest absolute Gasteiger partial charge is 0.358 e. The summed E-state index contributed by atoms with van der Waals surface area (Å²) in [5, 5.41) is 0. The molecule has 1 heterocycles. The lowest BCUT2D eigenvalue weighted by molar-refractivity contribution is 0.557. The van der Waals surface area contributed by atoms with Gasteiger partial charge in [-0.1, -0.05) is 38.1 Å². The zero-order valence-corrected chi connectivity index (χ0v) is 9.70. The van der Waals surface area contributed by atoms with Gasteiger partial charge in [-0.3, -0.25) is 4.99 Å². The van der Waals surface area contributed by atoms with Gasteiger partial charge in [-0.25, -0.2) is 0 Å². The van der Waals surface area contributed by atoms with Gasteiger partial charge in [0.1, 0.15) is 5.84 Å². The minimum absolute atomic E-state index is 0.599. The van der Waals surface area contributed by atoms with Crippen molar-refractivity contribution >= 4 is 5.84 Å². The molecule has 15 heavy (non-hydrogen) atoms. The molecule has 2 nitrogen and oxygen atoms in total. The Balaban J connectivity index is 2.24. The molecular weight excluding hydrogens is 184 g/mol. The third-order valence-corrected chi connectivity index (χ3v) is 2.89. The van der Waals surface area contributed by atoms with E-state index in [2.05, 4.69) is 55.1 Å². The van der Waals surface area contributed by atoms with Crippen LogP contribution >= 0.6 is 0 Å². The molecule has 0 aliphatic carbocycles. The quantitative estimate of drug-likeness (QED) is 0.719. The van der Waals surface area contributed by atoms with Gasteiger partial charge in [0.2, 0.25) is 0 Å². The maximum Gasteiger partial charge on any atom is 0.130 e. The summed E-state index contributed by atoms with van der Waals surface area (Å²) in [6, 6.07) is 8.76. The maximum atomic E-state index is 4.50. The van der Waals surface area contributed by atoms with E-state index in [0.29, 0.717) is 5.92 Å². The van der Waals surface area contributed by atoms with Crippen LogP contribution in [0.4, 0.5) is 0 Å². The molecule has 0 N–H and O–H groups in total. The van der Waals surface area contributed by atoms with E-state index in [1.54, 1.807) is 0 Å². The number of benzene rings is 1. The first-order valence-electron chi connectivity index (χ1n) is 5.54. The number of likely N-dealkylation sites (N-methyl/N-ethyl adjacent to an activating group) is 1. The van der Waals surface area contributed by atoms with Gasteiger partial charge in [-0.2, -0.15) is 0 Å². The number of amidine groups is 1. The van der Waals surface area contributed by atoms with Crippen molar-refractivity contribution in [2.45, 2.75) is 19.8 Å². The summed E-state index contributed by atoms with van der Waals surface area (Å²) in [7, 11) is 2.10. The maximum absolute atomic E-state index is 4.50. The molecule has 0 fully saturated rings. The zero-order valence-electron chi connectivity index (χ0n) is 9.70. The van der Waals surface area contributed by atoms with Crippen molar-refractivity contribution in [2.75, 3.05) is 20.1 Å². The Morgan fingerprint density at radius 3 is 2.33 bits per heavy atom. The molecule has 0 saturated carbocycles. The van der Waals surface area contributed by atoms with E-state index in [-0.39, 0.29) is 0 Å². The summed E-state index contributed by atoms with van der Waals surface area (Å²) in [6.45, 7) is 6.40. The Labute approximate surface area is 91.6 Å². The summed E-state index contributed by atoms with van der Waals surface area (Å²) in [4.78, 5) is 6.72. The molecule has 0 unspecified atom stereocenters. The predicted octanol–water partition coefficient (Wildman–Crippen LogP) is 2.50.